The van der Waals surface area contributed by atoms with E-state index in [0.717, 1.165) is 12.1 Å². The predicted octanol–water partition coefficient (Wildman–Crippen LogP) is 2.75. The average molecular weight is 297 g/mol. The van der Waals surface area contributed by atoms with Crippen LogP contribution in [0.5, 0.6) is 0 Å². The molecule has 6 heteroatoms. The summed E-state index contributed by atoms with van der Waals surface area (Å²) in [6.45, 7) is 1.34. The van der Waals surface area contributed by atoms with Crippen LogP contribution in [0.4, 0.5) is 8.78 Å². The number of aryl methyl sites for hydroxylation is 1. The minimum atomic E-state index is -3.81. The van der Waals surface area contributed by atoms with Crippen LogP contribution >= 0.6 is 0 Å². The van der Waals surface area contributed by atoms with E-state index < -0.39 is 21.7 Å². The molecule has 106 valence electrons. The van der Waals surface area contributed by atoms with Crippen molar-refractivity contribution in [3.63, 3.8) is 0 Å². The summed E-state index contributed by atoms with van der Waals surface area (Å²) in [5, 5.41) is 0. The van der Waals surface area contributed by atoms with E-state index in [1.54, 1.807) is 6.07 Å². The van der Waals surface area contributed by atoms with Gasteiger partial charge in [0.1, 0.15) is 11.6 Å². The lowest BCUT2D eigenvalue weighted by atomic mass is 10.2. The molecule has 2 aromatic carbocycles. The number of hydrogen-bond acceptors (Lipinski definition) is 2. The van der Waals surface area contributed by atoms with Crippen molar-refractivity contribution < 1.29 is 17.2 Å². The standard InChI is InChI=1S/C14H13F2NO2S/c1-10-8-12(15)6-7-14(10)20(18,19)17-9-11-4-2-3-5-13(11)16/h2-8,17H,9H2,1H3. The van der Waals surface area contributed by atoms with Crippen molar-refractivity contribution in [1.82, 2.24) is 4.72 Å². The third-order valence-corrected chi connectivity index (χ3v) is 4.40. The predicted molar refractivity (Wildman–Crippen MR) is 71.6 cm³/mol. The molecule has 20 heavy (non-hydrogen) atoms. The van der Waals surface area contributed by atoms with E-state index in [0.29, 0.717) is 5.56 Å². The molecule has 0 fully saturated rings. The van der Waals surface area contributed by atoms with Gasteiger partial charge in [-0.15, -0.1) is 0 Å². The molecule has 2 aromatic rings. The average Bonchev–Trinajstić information content (AvgIpc) is 2.37. The van der Waals surface area contributed by atoms with Crippen LogP contribution < -0.4 is 4.72 Å². The Labute approximate surface area is 116 Å². The summed E-state index contributed by atoms with van der Waals surface area (Å²) in [6, 6.07) is 9.30. The Balaban J connectivity index is 2.22. The smallest absolute Gasteiger partial charge is 0.207 e. The lowest BCUT2D eigenvalue weighted by Crippen LogP contribution is -2.24. The molecule has 0 radical (unpaired) electrons. The molecule has 3 nitrogen and oxygen atoms in total. The van der Waals surface area contributed by atoms with Gasteiger partial charge in [-0.25, -0.2) is 21.9 Å². The lowest BCUT2D eigenvalue weighted by molar-refractivity contribution is 0.573. The molecule has 0 heterocycles. The van der Waals surface area contributed by atoms with Gasteiger partial charge in [0.25, 0.3) is 0 Å². The quantitative estimate of drug-likeness (QED) is 0.943. The van der Waals surface area contributed by atoms with E-state index in [4.69, 9.17) is 0 Å². The van der Waals surface area contributed by atoms with Gasteiger partial charge in [-0.3, -0.25) is 0 Å². The molecule has 2 rings (SSSR count). The van der Waals surface area contributed by atoms with E-state index in [1.165, 1.54) is 31.2 Å². The second-order valence-corrected chi connectivity index (χ2v) is 6.06. The molecule has 0 saturated heterocycles. The summed E-state index contributed by atoms with van der Waals surface area (Å²) < 4.78 is 52.9. The lowest BCUT2D eigenvalue weighted by Gasteiger charge is -2.09. The summed E-state index contributed by atoms with van der Waals surface area (Å²) in [5.41, 5.74) is 0.543. The van der Waals surface area contributed by atoms with Gasteiger partial charge in [-0.1, -0.05) is 18.2 Å². The first-order valence-corrected chi connectivity index (χ1v) is 7.38. The Morgan fingerprint density at radius 1 is 1.10 bits per heavy atom. The molecular weight excluding hydrogens is 284 g/mol. The summed E-state index contributed by atoms with van der Waals surface area (Å²) >= 11 is 0. The Hall–Kier alpha value is -1.79. The van der Waals surface area contributed by atoms with Crippen LogP contribution in [0.1, 0.15) is 11.1 Å². The van der Waals surface area contributed by atoms with Gasteiger partial charge in [0.05, 0.1) is 4.90 Å². The van der Waals surface area contributed by atoms with Crippen molar-refractivity contribution >= 4 is 10.0 Å². The fourth-order valence-corrected chi connectivity index (χ4v) is 3.04. The number of benzene rings is 2. The summed E-state index contributed by atoms with van der Waals surface area (Å²) in [4.78, 5) is -0.0183. The van der Waals surface area contributed by atoms with Crippen LogP contribution in [0, 0.1) is 18.6 Å². The fourth-order valence-electron chi connectivity index (χ4n) is 1.81. The largest absolute Gasteiger partial charge is 0.241 e. The first kappa shape index (κ1) is 14.6. The first-order chi connectivity index (χ1) is 9.40. The molecule has 0 aromatic heterocycles. The van der Waals surface area contributed by atoms with Crippen LogP contribution in [0.15, 0.2) is 47.4 Å². The van der Waals surface area contributed by atoms with Crippen molar-refractivity contribution in [2.75, 3.05) is 0 Å². The van der Waals surface area contributed by atoms with Gasteiger partial charge in [0.15, 0.2) is 0 Å². The first-order valence-electron chi connectivity index (χ1n) is 5.89. The molecular formula is C14H13F2NO2S. The minimum Gasteiger partial charge on any atom is -0.207 e. The monoisotopic (exact) mass is 297 g/mol. The van der Waals surface area contributed by atoms with Crippen LogP contribution in [0.2, 0.25) is 0 Å². The molecule has 0 amide bonds. The van der Waals surface area contributed by atoms with Gasteiger partial charge in [-0.05, 0) is 36.8 Å². The Kier molecular flexibility index (Phi) is 4.15. The summed E-state index contributed by atoms with van der Waals surface area (Å²) in [7, 11) is -3.81. The third-order valence-electron chi connectivity index (χ3n) is 2.84. The molecule has 0 aliphatic carbocycles. The highest BCUT2D eigenvalue weighted by Crippen LogP contribution is 2.16. The van der Waals surface area contributed by atoms with Gasteiger partial charge in [0.2, 0.25) is 10.0 Å². The number of hydrogen-bond donors (Lipinski definition) is 1. The third kappa shape index (κ3) is 3.20. The van der Waals surface area contributed by atoms with Crippen molar-refractivity contribution in [2.24, 2.45) is 0 Å². The van der Waals surface area contributed by atoms with Crippen LogP contribution in [-0.4, -0.2) is 8.42 Å². The second-order valence-electron chi connectivity index (χ2n) is 4.33. The van der Waals surface area contributed by atoms with E-state index in [2.05, 4.69) is 4.72 Å². The van der Waals surface area contributed by atoms with Gasteiger partial charge < -0.3 is 0 Å². The maximum absolute atomic E-state index is 13.4. The van der Waals surface area contributed by atoms with E-state index in [-0.39, 0.29) is 17.0 Å². The highest BCUT2D eigenvalue weighted by Gasteiger charge is 2.17. The number of nitrogens with one attached hydrogen (secondary N) is 1. The minimum absolute atomic E-state index is 0.0183. The molecule has 0 unspecified atom stereocenters. The molecule has 0 spiro atoms. The Bertz CT molecular complexity index is 730. The van der Waals surface area contributed by atoms with Gasteiger partial charge in [-0.2, -0.15) is 0 Å². The van der Waals surface area contributed by atoms with E-state index in [1.807, 2.05) is 0 Å². The van der Waals surface area contributed by atoms with Crippen molar-refractivity contribution in [1.29, 1.82) is 0 Å². The highest BCUT2D eigenvalue weighted by molar-refractivity contribution is 7.89. The molecule has 0 aliphatic rings. The maximum Gasteiger partial charge on any atom is 0.241 e. The van der Waals surface area contributed by atoms with Gasteiger partial charge in [0, 0.05) is 12.1 Å². The molecule has 1 N–H and O–H groups in total. The number of halogens is 2. The second kappa shape index (κ2) is 5.68. The summed E-state index contributed by atoms with van der Waals surface area (Å²) in [6.07, 6.45) is 0. The van der Waals surface area contributed by atoms with Crippen LogP contribution in [-0.2, 0) is 16.6 Å². The van der Waals surface area contributed by atoms with Crippen LogP contribution in [0.3, 0.4) is 0 Å². The van der Waals surface area contributed by atoms with Crippen molar-refractivity contribution in [3.05, 3.63) is 65.2 Å². The van der Waals surface area contributed by atoms with Crippen molar-refractivity contribution in [3.8, 4) is 0 Å². The number of rotatable bonds is 4. The highest BCUT2D eigenvalue weighted by atomic mass is 32.2. The Morgan fingerprint density at radius 2 is 1.80 bits per heavy atom. The molecule has 0 atom stereocenters. The maximum atomic E-state index is 13.4. The Morgan fingerprint density at radius 3 is 2.45 bits per heavy atom. The summed E-state index contributed by atoms with van der Waals surface area (Å²) in [5.74, 6) is -0.985. The molecule has 0 bridgehead atoms. The zero-order chi connectivity index (χ0) is 14.8. The zero-order valence-electron chi connectivity index (χ0n) is 10.7. The zero-order valence-corrected chi connectivity index (χ0v) is 11.5. The SMILES string of the molecule is Cc1cc(F)ccc1S(=O)(=O)NCc1ccccc1F. The fraction of sp³-hybridized carbons (Fsp3) is 0.143. The van der Waals surface area contributed by atoms with Crippen LogP contribution in [0.25, 0.3) is 0 Å². The normalized spacial score (nSPS) is 11.6. The van der Waals surface area contributed by atoms with E-state index in [9.17, 15) is 17.2 Å². The van der Waals surface area contributed by atoms with Crippen molar-refractivity contribution in [2.45, 2.75) is 18.4 Å². The molecule has 0 saturated carbocycles. The van der Waals surface area contributed by atoms with Gasteiger partial charge >= 0.3 is 0 Å². The van der Waals surface area contributed by atoms with E-state index >= 15 is 0 Å². The number of sulfonamides is 1. The topological polar surface area (TPSA) is 46.2 Å². The molecule has 0 aliphatic heterocycles.